The zero-order chi connectivity index (χ0) is 14.6. The molecule has 2 atom stereocenters. The van der Waals surface area contributed by atoms with E-state index in [1.165, 1.54) is 18.9 Å². The number of thioether (sulfide) groups is 1. The number of ether oxygens (including phenoxy) is 2. The van der Waals surface area contributed by atoms with Gasteiger partial charge >= 0.3 is 11.4 Å². The van der Waals surface area contributed by atoms with Gasteiger partial charge in [-0.15, -0.1) is 0 Å². The first-order valence-corrected chi connectivity index (χ1v) is 7.33. The van der Waals surface area contributed by atoms with E-state index in [1.54, 1.807) is 4.90 Å². The van der Waals surface area contributed by atoms with Crippen molar-refractivity contribution in [2.24, 2.45) is 5.92 Å². The number of methoxy groups -OCH3 is 1. The Morgan fingerprint density at radius 3 is 2.42 bits per heavy atom. The fourth-order valence-corrected chi connectivity index (χ4v) is 2.85. The molecule has 1 amide bonds. The second-order valence-electron chi connectivity index (χ2n) is 5.80. The minimum atomic E-state index is -0.474. The number of carbonyl (C=O) groups excluding carboxylic acids is 2. The summed E-state index contributed by atoms with van der Waals surface area (Å²) in [5.74, 6) is 0.241. The topological polar surface area (TPSA) is 55.8 Å². The second-order valence-corrected chi connectivity index (χ2v) is 6.98. The van der Waals surface area contributed by atoms with Crippen molar-refractivity contribution in [1.82, 2.24) is 4.90 Å². The molecule has 0 aromatic carbocycles. The van der Waals surface area contributed by atoms with Crippen molar-refractivity contribution in [3.63, 3.8) is 0 Å². The molecule has 1 rings (SSSR count). The predicted molar refractivity (Wildman–Crippen MR) is 75.4 cm³/mol. The Labute approximate surface area is 119 Å². The van der Waals surface area contributed by atoms with E-state index in [-0.39, 0.29) is 22.6 Å². The standard InChI is InChI=1S/C13H23NO4S/c1-9-8-14(11(15)18-13(2,3)4)7-6-10(9)19-12(16)17-5/h9-10H,6-8H2,1-5H3. The summed E-state index contributed by atoms with van der Waals surface area (Å²) >= 11 is 1.22. The molecule has 0 aliphatic carbocycles. The molecular weight excluding hydrogens is 266 g/mol. The average molecular weight is 289 g/mol. The molecule has 1 fully saturated rings. The van der Waals surface area contributed by atoms with Gasteiger partial charge in [-0.1, -0.05) is 6.92 Å². The quantitative estimate of drug-likeness (QED) is 0.694. The zero-order valence-corrected chi connectivity index (χ0v) is 13.1. The number of hydrogen-bond acceptors (Lipinski definition) is 5. The van der Waals surface area contributed by atoms with Crippen LogP contribution in [0.2, 0.25) is 0 Å². The lowest BCUT2D eigenvalue weighted by molar-refractivity contribution is 0.0180. The number of piperidine rings is 1. The predicted octanol–water partition coefficient (Wildman–Crippen LogP) is 3.13. The molecule has 0 N–H and O–H groups in total. The maximum absolute atomic E-state index is 11.9. The third-order valence-corrected chi connectivity index (χ3v) is 4.25. The Balaban J connectivity index is 2.49. The van der Waals surface area contributed by atoms with Crippen LogP contribution in [0.15, 0.2) is 0 Å². The average Bonchev–Trinajstić information content (AvgIpc) is 2.29. The van der Waals surface area contributed by atoms with Crippen LogP contribution in [0.3, 0.4) is 0 Å². The summed E-state index contributed by atoms with van der Waals surface area (Å²) in [4.78, 5) is 24.9. The lowest BCUT2D eigenvalue weighted by Gasteiger charge is -2.36. The van der Waals surface area contributed by atoms with Crippen molar-refractivity contribution in [2.45, 2.75) is 45.0 Å². The number of nitrogens with zero attached hydrogens (tertiary/aromatic N) is 1. The molecule has 1 aliphatic heterocycles. The fourth-order valence-electron chi connectivity index (χ4n) is 1.96. The van der Waals surface area contributed by atoms with Gasteiger partial charge in [0.25, 0.3) is 0 Å². The van der Waals surface area contributed by atoms with Crippen LogP contribution in [0, 0.1) is 5.92 Å². The van der Waals surface area contributed by atoms with E-state index in [0.717, 1.165) is 6.42 Å². The van der Waals surface area contributed by atoms with Crippen molar-refractivity contribution in [3.8, 4) is 0 Å². The maximum atomic E-state index is 11.9. The normalized spacial score (nSPS) is 23.9. The zero-order valence-electron chi connectivity index (χ0n) is 12.3. The first-order valence-electron chi connectivity index (χ1n) is 6.45. The van der Waals surface area contributed by atoms with Crippen molar-refractivity contribution in [3.05, 3.63) is 0 Å². The van der Waals surface area contributed by atoms with Crippen LogP contribution in [0.4, 0.5) is 9.59 Å². The summed E-state index contributed by atoms with van der Waals surface area (Å²) in [5, 5.41) is -0.0614. The Morgan fingerprint density at radius 2 is 1.95 bits per heavy atom. The SMILES string of the molecule is COC(=O)SC1CCN(C(=O)OC(C)(C)C)CC1C. The van der Waals surface area contributed by atoms with Gasteiger partial charge < -0.3 is 14.4 Å². The number of rotatable bonds is 1. The lowest BCUT2D eigenvalue weighted by Crippen LogP contribution is -2.46. The van der Waals surface area contributed by atoms with Crippen molar-refractivity contribution in [1.29, 1.82) is 0 Å². The van der Waals surface area contributed by atoms with Gasteiger partial charge in [0.15, 0.2) is 0 Å². The molecule has 2 unspecified atom stereocenters. The Kier molecular flexibility index (Phi) is 5.52. The summed E-state index contributed by atoms with van der Waals surface area (Å²) in [6.07, 6.45) is 0.501. The molecule has 0 aromatic heterocycles. The Bertz CT molecular complexity index is 340. The highest BCUT2D eigenvalue weighted by molar-refractivity contribution is 8.13. The van der Waals surface area contributed by atoms with Gasteiger partial charge in [0, 0.05) is 18.3 Å². The molecule has 0 bridgehead atoms. The largest absolute Gasteiger partial charge is 0.461 e. The van der Waals surface area contributed by atoms with Gasteiger partial charge in [0.05, 0.1) is 7.11 Å². The second kappa shape index (κ2) is 6.50. The molecule has 6 heteroatoms. The minimum Gasteiger partial charge on any atom is -0.461 e. The van der Waals surface area contributed by atoms with E-state index >= 15 is 0 Å². The monoisotopic (exact) mass is 289 g/mol. The number of hydrogen-bond donors (Lipinski definition) is 0. The summed E-state index contributed by atoms with van der Waals surface area (Å²) in [7, 11) is 1.38. The summed E-state index contributed by atoms with van der Waals surface area (Å²) in [5.41, 5.74) is -0.474. The Morgan fingerprint density at radius 1 is 1.32 bits per heavy atom. The Hall–Kier alpha value is -0.910. The van der Waals surface area contributed by atoms with E-state index in [2.05, 4.69) is 4.74 Å². The maximum Gasteiger partial charge on any atom is 0.410 e. The van der Waals surface area contributed by atoms with Crippen LogP contribution in [-0.4, -0.2) is 47.3 Å². The van der Waals surface area contributed by atoms with E-state index in [4.69, 9.17) is 4.74 Å². The van der Waals surface area contributed by atoms with E-state index in [9.17, 15) is 9.59 Å². The van der Waals surface area contributed by atoms with Gasteiger partial charge in [-0.05, 0) is 44.9 Å². The molecule has 0 radical (unpaired) electrons. The molecular formula is C13H23NO4S. The molecule has 0 aromatic rings. The van der Waals surface area contributed by atoms with E-state index in [1.807, 2.05) is 27.7 Å². The molecule has 5 nitrogen and oxygen atoms in total. The molecule has 110 valence electrons. The highest BCUT2D eigenvalue weighted by atomic mass is 32.2. The van der Waals surface area contributed by atoms with E-state index in [0.29, 0.717) is 13.1 Å². The number of likely N-dealkylation sites (tertiary alicyclic amines) is 1. The van der Waals surface area contributed by atoms with Gasteiger partial charge in [0.2, 0.25) is 0 Å². The first kappa shape index (κ1) is 16.1. The lowest BCUT2D eigenvalue weighted by atomic mass is 10.00. The van der Waals surface area contributed by atoms with E-state index < -0.39 is 5.60 Å². The smallest absolute Gasteiger partial charge is 0.410 e. The fraction of sp³-hybridized carbons (Fsp3) is 0.846. The van der Waals surface area contributed by atoms with Crippen molar-refractivity contribution in [2.75, 3.05) is 20.2 Å². The van der Waals surface area contributed by atoms with Crippen LogP contribution in [0.5, 0.6) is 0 Å². The van der Waals surface area contributed by atoms with Gasteiger partial charge in [-0.25, -0.2) is 9.59 Å². The molecule has 0 spiro atoms. The third kappa shape index (κ3) is 5.30. The molecule has 1 saturated heterocycles. The van der Waals surface area contributed by atoms with Crippen LogP contribution >= 0.6 is 11.8 Å². The van der Waals surface area contributed by atoms with Crippen molar-refractivity contribution < 1.29 is 19.1 Å². The summed E-state index contributed by atoms with van der Waals surface area (Å²) < 4.78 is 10.0. The summed E-state index contributed by atoms with van der Waals surface area (Å²) in [6, 6.07) is 0. The van der Waals surface area contributed by atoms with Gasteiger partial charge in [-0.2, -0.15) is 0 Å². The van der Waals surface area contributed by atoms with Crippen LogP contribution < -0.4 is 0 Å². The first-order chi connectivity index (χ1) is 8.73. The van der Waals surface area contributed by atoms with Gasteiger partial charge in [0.1, 0.15) is 5.60 Å². The van der Waals surface area contributed by atoms with Crippen molar-refractivity contribution >= 4 is 23.2 Å². The summed E-state index contributed by atoms with van der Waals surface area (Å²) in [6.45, 7) is 8.84. The number of carbonyl (C=O) groups is 2. The van der Waals surface area contributed by atoms with Gasteiger partial charge in [-0.3, -0.25) is 0 Å². The minimum absolute atomic E-state index is 0.200. The molecule has 1 aliphatic rings. The van der Waals surface area contributed by atoms with Crippen LogP contribution in [0.1, 0.15) is 34.1 Å². The highest BCUT2D eigenvalue weighted by Gasteiger charge is 2.32. The van der Waals surface area contributed by atoms with Crippen LogP contribution in [0.25, 0.3) is 0 Å². The molecule has 1 heterocycles. The van der Waals surface area contributed by atoms with Crippen LogP contribution in [-0.2, 0) is 9.47 Å². The third-order valence-electron chi connectivity index (χ3n) is 2.89. The highest BCUT2D eigenvalue weighted by Crippen LogP contribution is 2.29. The molecule has 19 heavy (non-hydrogen) atoms. The molecule has 0 saturated carbocycles. The number of amides is 1.